The molecule has 5 rings (SSSR count). The van der Waals surface area contributed by atoms with Crippen LogP contribution in [0.4, 0.5) is 5.69 Å². The number of carbonyl (C=O) groups excluding carboxylic acids is 2. The number of rotatable bonds is 10. The van der Waals surface area contributed by atoms with Crippen LogP contribution in [0.5, 0.6) is 0 Å². The lowest BCUT2D eigenvalue weighted by Gasteiger charge is -2.18. The van der Waals surface area contributed by atoms with Crippen molar-refractivity contribution in [3.8, 4) is 5.69 Å². The number of hydrogen-bond donors (Lipinski definition) is 4. The fraction of sp³-hybridized carbons (Fsp3) is 0.103. The molecule has 0 radical (unpaired) electrons. The van der Waals surface area contributed by atoms with Crippen LogP contribution in [0.15, 0.2) is 85.3 Å². The number of halogens is 1. The first-order valence-electron chi connectivity index (χ1n) is 12.5. The van der Waals surface area contributed by atoms with Crippen molar-refractivity contribution in [3.63, 3.8) is 0 Å². The first-order chi connectivity index (χ1) is 19.9. The number of aromatic nitrogens is 5. The van der Waals surface area contributed by atoms with Crippen molar-refractivity contribution in [1.29, 1.82) is 0 Å². The maximum Gasteiger partial charge on any atom is 0.307 e. The van der Waals surface area contributed by atoms with Crippen molar-refractivity contribution in [2.45, 2.75) is 18.9 Å². The van der Waals surface area contributed by atoms with Crippen LogP contribution in [0, 0.1) is 0 Å². The summed E-state index contributed by atoms with van der Waals surface area (Å²) in [7, 11) is 0. The van der Waals surface area contributed by atoms with Gasteiger partial charge in [-0.3, -0.25) is 14.4 Å². The average molecular weight is 570 g/mol. The van der Waals surface area contributed by atoms with Gasteiger partial charge in [0, 0.05) is 45.9 Å². The van der Waals surface area contributed by atoms with Gasteiger partial charge in [-0.1, -0.05) is 41.9 Å². The molecule has 1 atom stereocenters. The summed E-state index contributed by atoms with van der Waals surface area (Å²) in [6.45, 7) is 0. The highest BCUT2D eigenvalue weighted by Crippen LogP contribution is 2.24. The van der Waals surface area contributed by atoms with Crippen molar-refractivity contribution in [2.24, 2.45) is 0 Å². The molecule has 2 aromatic heterocycles. The lowest BCUT2D eigenvalue weighted by atomic mass is 10.0. The summed E-state index contributed by atoms with van der Waals surface area (Å²) in [5, 5.41) is 27.2. The maximum absolute atomic E-state index is 13.4. The van der Waals surface area contributed by atoms with Crippen LogP contribution in [-0.4, -0.2) is 54.1 Å². The van der Waals surface area contributed by atoms with E-state index in [9.17, 15) is 19.5 Å². The summed E-state index contributed by atoms with van der Waals surface area (Å²) < 4.78 is 1.45. The Bertz CT molecular complexity index is 1730. The van der Waals surface area contributed by atoms with E-state index >= 15 is 0 Å². The highest BCUT2D eigenvalue weighted by atomic mass is 35.5. The number of H-pyrrole nitrogens is 1. The SMILES string of the molecule is O=C(O)Cc1c[nH]c2ccc(NC(=O)[C@H](Cc3ccccc3)NC(=O)/C=C/c3cc(Cl)ccc3-n3cnnn3)cc12. The van der Waals surface area contributed by atoms with Crippen molar-refractivity contribution in [2.75, 3.05) is 5.32 Å². The van der Waals surface area contributed by atoms with Gasteiger partial charge in [0.2, 0.25) is 11.8 Å². The molecule has 0 bridgehead atoms. The molecule has 2 heterocycles. The van der Waals surface area contributed by atoms with Crippen LogP contribution in [0.2, 0.25) is 5.02 Å². The van der Waals surface area contributed by atoms with Crippen molar-refractivity contribution in [1.82, 2.24) is 30.5 Å². The molecule has 41 heavy (non-hydrogen) atoms. The Morgan fingerprint density at radius 1 is 1.07 bits per heavy atom. The molecule has 11 nitrogen and oxygen atoms in total. The second kappa shape index (κ2) is 12.3. The van der Waals surface area contributed by atoms with E-state index in [1.165, 1.54) is 17.1 Å². The van der Waals surface area contributed by atoms with Gasteiger partial charge in [-0.15, -0.1) is 5.10 Å². The van der Waals surface area contributed by atoms with E-state index in [4.69, 9.17) is 11.6 Å². The number of nitrogens with zero attached hydrogens (tertiary/aromatic N) is 4. The Balaban J connectivity index is 1.36. The minimum absolute atomic E-state index is 0.155. The summed E-state index contributed by atoms with van der Waals surface area (Å²) >= 11 is 6.17. The molecule has 0 aliphatic carbocycles. The van der Waals surface area contributed by atoms with Crippen LogP contribution < -0.4 is 10.6 Å². The molecular weight excluding hydrogens is 546 g/mol. The van der Waals surface area contributed by atoms with E-state index in [1.54, 1.807) is 48.7 Å². The number of benzene rings is 3. The Kier molecular flexibility index (Phi) is 8.16. The van der Waals surface area contributed by atoms with Gasteiger partial charge in [0.15, 0.2) is 0 Å². The number of fused-ring (bicyclic) bond motifs is 1. The zero-order chi connectivity index (χ0) is 28.8. The lowest BCUT2D eigenvalue weighted by molar-refractivity contribution is -0.136. The Hall–Kier alpha value is -5.29. The Morgan fingerprint density at radius 2 is 1.90 bits per heavy atom. The summed E-state index contributed by atoms with van der Waals surface area (Å²) in [4.78, 5) is 40.7. The molecule has 3 aromatic carbocycles. The molecule has 5 aromatic rings. The highest BCUT2D eigenvalue weighted by Gasteiger charge is 2.21. The van der Waals surface area contributed by atoms with Gasteiger partial charge in [-0.05, 0) is 64.0 Å². The van der Waals surface area contributed by atoms with Crippen molar-refractivity contribution >= 4 is 52.1 Å². The number of carboxylic acids is 1. The summed E-state index contributed by atoms with van der Waals surface area (Å²) in [6, 6.07) is 18.7. The van der Waals surface area contributed by atoms with E-state index in [1.807, 2.05) is 30.3 Å². The minimum Gasteiger partial charge on any atom is -0.481 e. The van der Waals surface area contributed by atoms with Crippen molar-refractivity contribution in [3.05, 3.63) is 107 Å². The third-order valence-corrected chi connectivity index (χ3v) is 6.53. The minimum atomic E-state index is -0.957. The van der Waals surface area contributed by atoms with Gasteiger partial charge in [0.05, 0.1) is 12.1 Å². The number of carbonyl (C=O) groups is 3. The van der Waals surface area contributed by atoms with Crippen molar-refractivity contribution < 1.29 is 19.5 Å². The third-order valence-electron chi connectivity index (χ3n) is 6.29. The van der Waals surface area contributed by atoms with Crippen LogP contribution in [0.3, 0.4) is 0 Å². The molecular formula is C29H24ClN7O4. The number of aromatic amines is 1. The van der Waals surface area contributed by atoms with Gasteiger partial charge < -0.3 is 20.7 Å². The van der Waals surface area contributed by atoms with Crippen LogP contribution in [0.25, 0.3) is 22.7 Å². The predicted molar refractivity (Wildman–Crippen MR) is 154 cm³/mol. The fourth-order valence-electron chi connectivity index (χ4n) is 4.38. The van der Waals surface area contributed by atoms with E-state index in [0.717, 1.165) is 11.1 Å². The molecule has 206 valence electrons. The standard InChI is InChI=1S/C29H24ClN7O4/c30-21-7-10-26(37-17-32-35-36-37)19(13-21)6-11-27(38)34-25(12-18-4-2-1-3-5-18)29(41)33-22-8-9-24-23(15-22)20(16-31-24)14-28(39)40/h1-11,13,15-17,25,31H,12,14H2,(H,33,41)(H,34,38)(H,39,40)/b11-6+/t25-/m0/s1. The molecule has 0 saturated heterocycles. The highest BCUT2D eigenvalue weighted by molar-refractivity contribution is 6.30. The first kappa shape index (κ1) is 27.3. The largest absolute Gasteiger partial charge is 0.481 e. The zero-order valence-electron chi connectivity index (χ0n) is 21.5. The Morgan fingerprint density at radius 3 is 2.66 bits per heavy atom. The second-order valence-corrected chi connectivity index (χ2v) is 9.61. The number of amides is 2. The predicted octanol–water partition coefficient (Wildman–Crippen LogP) is 3.80. The number of nitrogens with one attached hydrogen (secondary N) is 3. The van der Waals surface area contributed by atoms with Crippen LogP contribution in [0.1, 0.15) is 16.7 Å². The van der Waals surface area contributed by atoms with E-state index in [2.05, 4.69) is 31.1 Å². The smallest absolute Gasteiger partial charge is 0.307 e. The number of aliphatic carboxylic acids is 1. The number of anilines is 1. The summed E-state index contributed by atoms with van der Waals surface area (Å²) in [5.74, 6) is -1.88. The second-order valence-electron chi connectivity index (χ2n) is 9.18. The number of hydrogen-bond acceptors (Lipinski definition) is 6. The van der Waals surface area contributed by atoms with Gasteiger partial charge in [0.25, 0.3) is 0 Å². The van der Waals surface area contributed by atoms with Gasteiger partial charge >= 0.3 is 5.97 Å². The maximum atomic E-state index is 13.4. The molecule has 0 fully saturated rings. The monoisotopic (exact) mass is 569 g/mol. The molecule has 0 aliphatic rings. The average Bonchev–Trinajstić information content (AvgIpc) is 3.63. The summed E-state index contributed by atoms with van der Waals surface area (Å²) in [6.07, 6.45) is 6.04. The molecule has 0 spiro atoms. The molecule has 4 N–H and O–H groups in total. The zero-order valence-corrected chi connectivity index (χ0v) is 22.2. The van der Waals surface area contributed by atoms with Gasteiger partial charge in [0.1, 0.15) is 12.4 Å². The lowest BCUT2D eigenvalue weighted by Crippen LogP contribution is -2.44. The fourth-order valence-corrected chi connectivity index (χ4v) is 4.56. The molecule has 12 heteroatoms. The topological polar surface area (TPSA) is 155 Å². The molecule has 0 saturated carbocycles. The Labute approximate surface area is 238 Å². The molecule has 2 amide bonds. The van der Waals surface area contributed by atoms with E-state index < -0.39 is 23.8 Å². The molecule has 0 unspecified atom stereocenters. The van der Waals surface area contributed by atoms with Crippen LogP contribution in [-0.2, 0) is 27.2 Å². The number of carboxylic acid groups (broad SMARTS) is 1. The normalized spacial score (nSPS) is 11.9. The number of tetrazole rings is 1. The van der Waals surface area contributed by atoms with Gasteiger partial charge in [-0.2, -0.15) is 4.68 Å². The quantitative estimate of drug-likeness (QED) is 0.186. The third kappa shape index (κ3) is 6.84. The van der Waals surface area contributed by atoms with E-state index in [0.29, 0.717) is 32.9 Å². The first-order valence-corrected chi connectivity index (χ1v) is 12.9. The van der Waals surface area contributed by atoms with Crippen LogP contribution >= 0.6 is 11.6 Å². The van der Waals surface area contributed by atoms with E-state index in [-0.39, 0.29) is 12.8 Å². The van der Waals surface area contributed by atoms with Gasteiger partial charge in [-0.25, -0.2) is 0 Å². The summed E-state index contributed by atoms with van der Waals surface area (Å²) in [5.41, 5.74) is 3.90. The molecule has 0 aliphatic heterocycles.